The highest BCUT2D eigenvalue weighted by atomic mass is 35.5. The largest absolute Gasteiger partial charge is 0.335 e. The summed E-state index contributed by atoms with van der Waals surface area (Å²) < 4.78 is 13.1. The van der Waals surface area contributed by atoms with Crippen LogP contribution in [0.3, 0.4) is 0 Å². The molecule has 0 aliphatic carbocycles. The maximum atomic E-state index is 13.1. The van der Waals surface area contributed by atoms with Crippen molar-refractivity contribution in [3.63, 3.8) is 0 Å². The molecule has 0 spiro atoms. The van der Waals surface area contributed by atoms with Gasteiger partial charge in [0.2, 0.25) is 0 Å². The molecule has 108 valence electrons. The molecular formula is C15H18ClFN2O. The summed E-state index contributed by atoms with van der Waals surface area (Å²) >= 11 is 5.72. The van der Waals surface area contributed by atoms with Crippen LogP contribution < -0.4 is 0 Å². The minimum absolute atomic E-state index is 0.00366. The Hall–Kier alpha value is -1.13. The highest BCUT2D eigenvalue weighted by Gasteiger charge is 2.35. The first-order valence-corrected chi connectivity index (χ1v) is 7.51. The van der Waals surface area contributed by atoms with Crippen LogP contribution in [-0.2, 0) is 0 Å². The highest BCUT2D eigenvalue weighted by Crippen LogP contribution is 2.23. The van der Waals surface area contributed by atoms with E-state index < -0.39 is 5.82 Å². The van der Waals surface area contributed by atoms with Crippen LogP contribution in [0.1, 0.15) is 29.6 Å². The number of amides is 1. The summed E-state index contributed by atoms with van der Waals surface area (Å²) in [7, 11) is 0. The number of nitrogens with zero attached hydrogens (tertiary/aromatic N) is 2. The molecule has 0 saturated carbocycles. The second-order valence-corrected chi connectivity index (χ2v) is 6.00. The van der Waals surface area contributed by atoms with Crippen molar-refractivity contribution < 1.29 is 9.18 Å². The molecule has 2 fully saturated rings. The second kappa shape index (κ2) is 5.70. The van der Waals surface area contributed by atoms with Crippen LogP contribution in [-0.4, -0.2) is 47.9 Å². The molecule has 2 heterocycles. The van der Waals surface area contributed by atoms with Crippen molar-refractivity contribution in [1.29, 1.82) is 0 Å². The quantitative estimate of drug-likeness (QED) is 0.838. The first-order valence-electron chi connectivity index (χ1n) is 7.13. The zero-order valence-electron chi connectivity index (χ0n) is 11.3. The molecule has 0 bridgehead atoms. The predicted octanol–water partition coefficient (Wildman–Crippen LogP) is 2.79. The summed E-state index contributed by atoms with van der Waals surface area (Å²) in [5.41, 5.74) is 0.466. The molecule has 2 aliphatic rings. The Labute approximate surface area is 123 Å². The van der Waals surface area contributed by atoms with Crippen LogP contribution in [0.25, 0.3) is 0 Å². The molecule has 1 aromatic carbocycles. The van der Waals surface area contributed by atoms with E-state index in [4.69, 9.17) is 11.6 Å². The van der Waals surface area contributed by atoms with Crippen molar-refractivity contribution in [1.82, 2.24) is 9.80 Å². The van der Waals surface area contributed by atoms with Gasteiger partial charge < -0.3 is 4.90 Å². The van der Waals surface area contributed by atoms with Gasteiger partial charge in [-0.3, -0.25) is 9.69 Å². The lowest BCUT2D eigenvalue weighted by Crippen LogP contribution is -2.61. The Morgan fingerprint density at radius 3 is 2.55 bits per heavy atom. The average Bonchev–Trinajstić information content (AvgIpc) is 2.41. The zero-order valence-corrected chi connectivity index (χ0v) is 12.1. The third kappa shape index (κ3) is 2.67. The summed E-state index contributed by atoms with van der Waals surface area (Å²) in [5.74, 6) is -0.543. The summed E-state index contributed by atoms with van der Waals surface area (Å²) in [5, 5.41) is 0.00366. The Kier molecular flexibility index (Phi) is 3.94. The normalized spacial score (nSPS) is 20.8. The molecule has 3 rings (SSSR count). The minimum Gasteiger partial charge on any atom is -0.335 e. The van der Waals surface area contributed by atoms with Crippen molar-refractivity contribution in [3.05, 3.63) is 34.6 Å². The van der Waals surface area contributed by atoms with Crippen LogP contribution >= 0.6 is 11.6 Å². The van der Waals surface area contributed by atoms with E-state index in [0.29, 0.717) is 11.6 Å². The van der Waals surface area contributed by atoms with Crippen LogP contribution in [0.15, 0.2) is 18.2 Å². The van der Waals surface area contributed by atoms with Crippen LogP contribution in [0, 0.1) is 5.82 Å². The van der Waals surface area contributed by atoms with Gasteiger partial charge in [0, 0.05) is 24.7 Å². The topological polar surface area (TPSA) is 23.6 Å². The number of benzene rings is 1. The summed E-state index contributed by atoms with van der Waals surface area (Å²) in [6.45, 7) is 3.84. The fourth-order valence-corrected chi connectivity index (χ4v) is 3.13. The maximum Gasteiger partial charge on any atom is 0.254 e. The smallest absolute Gasteiger partial charge is 0.254 e. The van der Waals surface area contributed by atoms with Crippen LogP contribution in [0.5, 0.6) is 0 Å². The van der Waals surface area contributed by atoms with Gasteiger partial charge in [-0.15, -0.1) is 0 Å². The van der Waals surface area contributed by atoms with Gasteiger partial charge in [0.05, 0.1) is 5.02 Å². The van der Waals surface area contributed by atoms with E-state index in [1.165, 1.54) is 37.5 Å². The van der Waals surface area contributed by atoms with Gasteiger partial charge in [0.15, 0.2) is 0 Å². The lowest BCUT2D eigenvalue weighted by atomic mass is 10.0. The van der Waals surface area contributed by atoms with Gasteiger partial charge >= 0.3 is 0 Å². The molecule has 0 unspecified atom stereocenters. The zero-order chi connectivity index (χ0) is 14.1. The Balaban J connectivity index is 1.58. The van der Waals surface area contributed by atoms with Gasteiger partial charge in [-0.25, -0.2) is 4.39 Å². The van der Waals surface area contributed by atoms with E-state index in [1.807, 2.05) is 4.90 Å². The van der Waals surface area contributed by atoms with Gasteiger partial charge in [-0.1, -0.05) is 18.0 Å². The average molecular weight is 297 g/mol. The third-order valence-corrected chi connectivity index (χ3v) is 4.51. The summed E-state index contributed by atoms with van der Waals surface area (Å²) in [4.78, 5) is 16.5. The highest BCUT2D eigenvalue weighted by molar-refractivity contribution is 6.31. The number of likely N-dealkylation sites (tertiary alicyclic amines) is 2. The van der Waals surface area contributed by atoms with E-state index in [-0.39, 0.29) is 10.9 Å². The molecule has 2 aliphatic heterocycles. The molecule has 0 atom stereocenters. The Morgan fingerprint density at radius 2 is 1.90 bits per heavy atom. The van der Waals surface area contributed by atoms with Crippen molar-refractivity contribution in [2.24, 2.45) is 0 Å². The van der Waals surface area contributed by atoms with Gasteiger partial charge in [0.1, 0.15) is 5.82 Å². The lowest BCUT2D eigenvalue weighted by molar-refractivity contribution is 0.0203. The van der Waals surface area contributed by atoms with Crippen molar-refractivity contribution in [2.75, 3.05) is 26.2 Å². The van der Waals surface area contributed by atoms with E-state index >= 15 is 0 Å². The second-order valence-electron chi connectivity index (χ2n) is 5.59. The fraction of sp³-hybridized carbons (Fsp3) is 0.533. The summed E-state index contributed by atoms with van der Waals surface area (Å²) in [6.07, 6.45) is 3.84. The minimum atomic E-state index is -0.488. The fourth-order valence-electron chi connectivity index (χ4n) is 2.95. The Bertz CT molecular complexity index is 511. The first kappa shape index (κ1) is 13.8. The number of hydrogen-bond acceptors (Lipinski definition) is 2. The van der Waals surface area contributed by atoms with Crippen LogP contribution in [0.2, 0.25) is 5.02 Å². The monoisotopic (exact) mass is 296 g/mol. The molecule has 0 N–H and O–H groups in total. The number of halogens is 2. The predicted molar refractivity (Wildman–Crippen MR) is 76.5 cm³/mol. The van der Waals surface area contributed by atoms with E-state index in [1.54, 1.807) is 0 Å². The van der Waals surface area contributed by atoms with Gasteiger partial charge in [0.25, 0.3) is 5.91 Å². The molecule has 20 heavy (non-hydrogen) atoms. The standard InChI is InChI=1S/C15H18ClFN2O/c16-13-8-11(4-5-14(13)17)15(20)19-9-12(10-19)18-6-2-1-3-7-18/h4-5,8,12H,1-3,6-7,9-10H2. The van der Waals surface area contributed by atoms with Gasteiger partial charge in [-0.05, 0) is 44.1 Å². The summed E-state index contributed by atoms with van der Waals surface area (Å²) in [6, 6.07) is 4.65. The van der Waals surface area contributed by atoms with Crippen molar-refractivity contribution in [2.45, 2.75) is 25.3 Å². The van der Waals surface area contributed by atoms with Crippen LogP contribution in [0.4, 0.5) is 4.39 Å². The number of rotatable bonds is 2. The molecular weight excluding hydrogens is 279 g/mol. The Morgan fingerprint density at radius 1 is 1.20 bits per heavy atom. The van der Waals surface area contributed by atoms with E-state index in [0.717, 1.165) is 26.2 Å². The van der Waals surface area contributed by atoms with E-state index in [2.05, 4.69) is 4.90 Å². The SMILES string of the molecule is O=C(c1ccc(F)c(Cl)c1)N1CC(N2CCCCC2)C1. The molecule has 2 saturated heterocycles. The first-order chi connectivity index (χ1) is 9.65. The lowest BCUT2D eigenvalue weighted by Gasteiger charge is -2.46. The van der Waals surface area contributed by atoms with Crippen molar-refractivity contribution >= 4 is 17.5 Å². The number of piperidine rings is 1. The van der Waals surface area contributed by atoms with Crippen molar-refractivity contribution in [3.8, 4) is 0 Å². The molecule has 1 aromatic rings. The number of carbonyl (C=O) groups excluding carboxylic acids is 1. The van der Waals surface area contributed by atoms with Gasteiger partial charge in [-0.2, -0.15) is 0 Å². The third-order valence-electron chi connectivity index (χ3n) is 4.22. The maximum absolute atomic E-state index is 13.1. The molecule has 5 heteroatoms. The van der Waals surface area contributed by atoms with E-state index in [9.17, 15) is 9.18 Å². The molecule has 1 amide bonds. The molecule has 0 radical (unpaired) electrons. The number of hydrogen-bond donors (Lipinski definition) is 0. The number of carbonyl (C=O) groups is 1. The molecule has 3 nitrogen and oxygen atoms in total. The molecule has 0 aromatic heterocycles.